The number of fused-ring (bicyclic) bond motifs is 1. The molecular formula is C27H22ClFN2O2. The van der Waals surface area contributed by atoms with Crippen LogP contribution in [0.3, 0.4) is 0 Å². The summed E-state index contributed by atoms with van der Waals surface area (Å²) in [5.74, 6) is -1.40. The van der Waals surface area contributed by atoms with Crippen molar-refractivity contribution in [1.29, 1.82) is 0 Å². The van der Waals surface area contributed by atoms with Gasteiger partial charge in [0.2, 0.25) is 5.91 Å². The van der Waals surface area contributed by atoms with Gasteiger partial charge in [0, 0.05) is 17.8 Å². The van der Waals surface area contributed by atoms with Gasteiger partial charge in [-0.2, -0.15) is 0 Å². The smallest absolute Gasteiger partial charge is 0.251 e. The quantitative estimate of drug-likeness (QED) is 0.354. The molecule has 0 aromatic heterocycles. The van der Waals surface area contributed by atoms with Gasteiger partial charge in [-0.1, -0.05) is 66.2 Å². The molecule has 1 unspecified atom stereocenters. The first-order chi connectivity index (χ1) is 15.9. The Kier molecular flexibility index (Phi) is 6.71. The molecule has 6 heteroatoms. The van der Waals surface area contributed by atoms with Gasteiger partial charge in [-0.15, -0.1) is 0 Å². The molecule has 0 radical (unpaired) electrons. The molecule has 4 nitrogen and oxygen atoms in total. The van der Waals surface area contributed by atoms with Gasteiger partial charge < -0.3 is 10.6 Å². The number of rotatable bonds is 6. The highest BCUT2D eigenvalue weighted by atomic mass is 35.5. The van der Waals surface area contributed by atoms with Gasteiger partial charge in [-0.3, -0.25) is 9.59 Å². The van der Waals surface area contributed by atoms with Crippen LogP contribution < -0.4 is 10.6 Å². The maximum Gasteiger partial charge on any atom is 0.251 e. The molecule has 0 aliphatic rings. The second-order valence-corrected chi connectivity index (χ2v) is 8.20. The van der Waals surface area contributed by atoms with E-state index in [0.717, 1.165) is 28.0 Å². The molecule has 2 N–H and O–H groups in total. The zero-order valence-electron chi connectivity index (χ0n) is 17.9. The summed E-state index contributed by atoms with van der Waals surface area (Å²) in [6.07, 6.45) is 0. The van der Waals surface area contributed by atoms with Gasteiger partial charge >= 0.3 is 0 Å². The molecular weight excluding hydrogens is 439 g/mol. The minimum absolute atomic E-state index is 0.104. The van der Waals surface area contributed by atoms with E-state index in [1.807, 2.05) is 67.6 Å². The summed E-state index contributed by atoms with van der Waals surface area (Å²) in [6, 6.07) is 25.1. The Balaban J connectivity index is 1.42. The first-order valence-corrected chi connectivity index (χ1v) is 10.9. The number of amides is 2. The zero-order valence-corrected chi connectivity index (χ0v) is 18.7. The SMILES string of the molecule is CC(C(=O)Nc1cccc(CNC(=O)c2ccc(F)c(Cl)c2)c1)c1cccc2ccccc12. The van der Waals surface area contributed by atoms with E-state index in [9.17, 15) is 14.0 Å². The van der Waals surface area contributed by atoms with Crippen LogP contribution in [0.2, 0.25) is 5.02 Å². The van der Waals surface area contributed by atoms with Crippen molar-refractivity contribution >= 4 is 39.9 Å². The molecule has 0 bridgehead atoms. The van der Waals surface area contributed by atoms with Crippen LogP contribution in [0.25, 0.3) is 10.8 Å². The Morgan fingerprint density at radius 3 is 2.52 bits per heavy atom. The van der Waals surface area contributed by atoms with Crippen molar-refractivity contribution in [2.45, 2.75) is 19.4 Å². The summed E-state index contributed by atoms with van der Waals surface area (Å²) in [5.41, 5.74) is 2.69. The van der Waals surface area contributed by atoms with Gasteiger partial charge in [0.05, 0.1) is 10.9 Å². The lowest BCUT2D eigenvalue weighted by molar-refractivity contribution is -0.117. The number of carbonyl (C=O) groups is 2. The average Bonchev–Trinajstić information content (AvgIpc) is 2.83. The summed E-state index contributed by atoms with van der Waals surface area (Å²) in [6.45, 7) is 2.13. The number of halogens is 2. The first-order valence-electron chi connectivity index (χ1n) is 10.5. The van der Waals surface area contributed by atoms with E-state index in [1.165, 1.54) is 12.1 Å². The van der Waals surface area contributed by atoms with Crippen molar-refractivity contribution in [3.8, 4) is 0 Å². The van der Waals surface area contributed by atoms with Crippen LogP contribution in [0, 0.1) is 5.82 Å². The molecule has 1 atom stereocenters. The molecule has 33 heavy (non-hydrogen) atoms. The highest BCUT2D eigenvalue weighted by Gasteiger charge is 2.18. The highest BCUT2D eigenvalue weighted by Crippen LogP contribution is 2.26. The Morgan fingerprint density at radius 1 is 0.939 bits per heavy atom. The topological polar surface area (TPSA) is 58.2 Å². The Morgan fingerprint density at radius 2 is 1.70 bits per heavy atom. The molecule has 0 spiro atoms. The third-order valence-electron chi connectivity index (χ3n) is 5.51. The number of benzene rings is 4. The van der Waals surface area contributed by atoms with Crippen molar-refractivity contribution in [3.05, 3.63) is 112 Å². The second kappa shape index (κ2) is 9.84. The third-order valence-corrected chi connectivity index (χ3v) is 5.80. The van der Waals surface area contributed by atoms with Crippen molar-refractivity contribution in [1.82, 2.24) is 5.32 Å². The number of anilines is 1. The van der Waals surface area contributed by atoms with E-state index in [1.54, 1.807) is 6.07 Å². The highest BCUT2D eigenvalue weighted by molar-refractivity contribution is 6.31. The van der Waals surface area contributed by atoms with Gasteiger partial charge in [0.1, 0.15) is 5.82 Å². The molecule has 0 saturated heterocycles. The van der Waals surface area contributed by atoms with Crippen molar-refractivity contribution in [2.24, 2.45) is 0 Å². The van der Waals surface area contributed by atoms with Crippen LogP contribution in [-0.2, 0) is 11.3 Å². The Bertz CT molecular complexity index is 1330. The van der Waals surface area contributed by atoms with Crippen LogP contribution in [0.1, 0.15) is 34.3 Å². The van der Waals surface area contributed by atoms with Crippen LogP contribution in [-0.4, -0.2) is 11.8 Å². The van der Waals surface area contributed by atoms with Crippen LogP contribution in [0.4, 0.5) is 10.1 Å². The molecule has 0 saturated carbocycles. The average molecular weight is 461 g/mol. The molecule has 0 fully saturated rings. The lowest BCUT2D eigenvalue weighted by Crippen LogP contribution is -2.23. The van der Waals surface area contributed by atoms with Gasteiger partial charge in [-0.05, 0) is 59.2 Å². The first kappa shape index (κ1) is 22.5. The molecule has 4 aromatic rings. The summed E-state index contributed by atoms with van der Waals surface area (Å²) >= 11 is 5.75. The van der Waals surface area contributed by atoms with E-state index in [4.69, 9.17) is 11.6 Å². The van der Waals surface area contributed by atoms with E-state index in [-0.39, 0.29) is 34.9 Å². The maximum atomic E-state index is 13.3. The zero-order chi connectivity index (χ0) is 23.4. The molecule has 0 aliphatic carbocycles. The summed E-state index contributed by atoms with van der Waals surface area (Å²) < 4.78 is 13.3. The van der Waals surface area contributed by atoms with E-state index >= 15 is 0 Å². The van der Waals surface area contributed by atoms with E-state index in [2.05, 4.69) is 10.6 Å². The van der Waals surface area contributed by atoms with E-state index in [0.29, 0.717) is 5.69 Å². The fourth-order valence-electron chi connectivity index (χ4n) is 3.70. The van der Waals surface area contributed by atoms with Gasteiger partial charge in [0.25, 0.3) is 5.91 Å². The van der Waals surface area contributed by atoms with Crippen molar-refractivity contribution in [2.75, 3.05) is 5.32 Å². The maximum absolute atomic E-state index is 13.3. The standard InChI is InChI=1S/C27H22ClFN2O2/c1-17(22-11-5-8-19-7-2-3-10-23(19)22)26(32)31-21-9-4-6-18(14-21)16-30-27(33)20-12-13-25(29)24(28)15-20/h2-15,17H,16H2,1H3,(H,30,33)(H,31,32). The van der Waals surface area contributed by atoms with Crippen LogP contribution in [0.15, 0.2) is 84.9 Å². The largest absolute Gasteiger partial charge is 0.348 e. The second-order valence-electron chi connectivity index (χ2n) is 7.79. The predicted molar refractivity (Wildman–Crippen MR) is 130 cm³/mol. The molecule has 4 aromatic carbocycles. The fraction of sp³-hybridized carbons (Fsp3) is 0.111. The molecule has 0 heterocycles. The minimum atomic E-state index is -0.575. The van der Waals surface area contributed by atoms with Crippen LogP contribution >= 0.6 is 11.6 Å². The Labute approximate surface area is 196 Å². The predicted octanol–water partition coefficient (Wildman–Crippen LogP) is 6.30. The molecule has 0 aliphatic heterocycles. The summed E-state index contributed by atoms with van der Waals surface area (Å²) in [7, 11) is 0. The monoisotopic (exact) mass is 460 g/mol. The molecule has 2 amide bonds. The number of nitrogens with one attached hydrogen (secondary N) is 2. The van der Waals surface area contributed by atoms with Crippen LogP contribution in [0.5, 0.6) is 0 Å². The molecule has 4 rings (SSSR count). The van der Waals surface area contributed by atoms with Gasteiger partial charge in [0.15, 0.2) is 0 Å². The lowest BCUT2D eigenvalue weighted by Gasteiger charge is -2.15. The Hall–Kier alpha value is -3.70. The summed E-state index contributed by atoms with van der Waals surface area (Å²) in [4.78, 5) is 25.3. The van der Waals surface area contributed by atoms with Gasteiger partial charge in [-0.25, -0.2) is 4.39 Å². The lowest BCUT2D eigenvalue weighted by atomic mass is 9.94. The molecule has 166 valence electrons. The number of hydrogen-bond donors (Lipinski definition) is 2. The fourth-order valence-corrected chi connectivity index (χ4v) is 3.88. The third kappa shape index (κ3) is 5.21. The minimum Gasteiger partial charge on any atom is -0.348 e. The number of carbonyl (C=O) groups excluding carboxylic acids is 2. The summed E-state index contributed by atoms with van der Waals surface area (Å²) in [5, 5.41) is 7.79. The normalized spacial score (nSPS) is 11.7. The van der Waals surface area contributed by atoms with Crippen molar-refractivity contribution < 1.29 is 14.0 Å². The van der Waals surface area contributed by atoms with E-state index < -0.39 is 5.82 Å². The number of hydrogen-bond acceptors (Lipinski definition) is 2. The van der Waals surface area contributed by atoms with Crippen molar-refractivity contribution in [3.63, 3.8) is 0 Å².